The smallest absolute Gasteiger partial charge is 0.223 e. The van der Waals surface area contributed by atoms with E-state index < -0.39 is 5.60 Å². The number of hydrogen-bond acceptors (Lipinski definition) is 3. The molecule has 5 fully saturated rings. The van der Waals surface area contributed by atoms with Gasteiger partial charge in [-0.2, -0.15) is 0 Å². The van der Waals surface area contributed by atoms with Gasteiger partial charge in [0.15, 0.2) is 0 Å². The van der Waals surface area contributed by atoms with Crippen LogP contribution in [0.1, 0.15) is 57.8 Å². The van der Waals surface area contributed by atoms with Gasteiger partial charge in [0.2, 0.25) is 5.91 Å². The third-order valence-corrected chi connectivity index (χ3v) is 7.96. The molecule has 4 nitrogen and oxygen atoms in total. The van der Waals surface area contributed by atoms with Gasteiger partial charge in [0.25, 0.3) is 0 Å². The molecular weight excluding hydrogens is 409 g/mol. The largest absolute Gasteiger partial charge is 0.492 e. The second-order valence-corrected chi connectivity index (χ2v) is 10.6. The predicted octanol–water partition coefficient (Wildman–Crippen LogP) is 5.08. The van der Waals surface area contributed by atoms with Crippen LogP contribution in [0.3, 0.4) is 0 Å². The summed E-state index contributed by atoms with van der Waals surface area (Å²) in [5.74, 6) is 2.52. The maximum atomic E-state index is 13.2. The molecule has 6 rings (SSSR count). The van der Waals surface area contributed by atoms with Crippen LogP contribution in [-0.4, -0.2) is 40.2 Å². The summed E-state index contributed by atoms with van der Waals surface area (Å²) in [7, 11) is 0. The Hall–Kier alpha value is -0.970. The zero-order valence-electron chi connectivity index (χ0n) is 16.7. The lowest BCUT2D eigenvalue weighted by molar-refractivity contribution is -0.172. The van der Waals surface area contributed by atoms with Crippen LogP contribution in [0.4, 0.5) is 0 Å². The second-order valence-electron chi connectivity index (χ2n) is 9.74. The van der Waals surface area contributed by atoms with Crippen molar-refractivity contribution < 1.29 is 14.6 Å². The molecule has 1 aromatic rings. The number of rotatable bonds is 7. The zero-order valence-corrected chi connectivity index (χ0v) is 18.2. The average molecular weight is 438 g/mol. The van der Waals surface area contributed by atoms with Gasteiger partial charge in [0.05, 0.1) is 17.2 Å². The van der Waals surface area contributed by atoms with Gasteiger partial charge in [-0.3, -0.25) is 4.79 Å². The molecule has 0 aliphatic heterocycles. The van der Waals surface area contributed by atoms with E-state index in [1.165, 1.54) is 12.8 Å². The van der Waals surface area contributed by atoms with Crippen LogP contribution >= 0.6 is 23.2 Å². The Balaban J connectivity index is 1.19. The van der Waals surface area contributed by atoms with Gasteiger partial charge >= 0.3 is 0 Å². The number of benzene rings is 1. The lowest BCUT2D eigenvalue weighted by Gasteiger charge is -2.60. The third kappa shape index (κ3) is 4.00. The van der Waals surface area contributed by atoms with E-state index >= 15 is 0 Å². The number of carbonyl (C=O) groups is 1. The highest BCUT2D eigenvalue weighted by Gasteiger charge is 2.58. The highest BCUT2D eigenvalue weighted by Crippen LogP contribution is 2.58. The van der Waals surface area contributed by atoms with Crippen molar-refractivity contribution in [2.24, 2.45) is 17.8 Å². The first-order valence-electron chi connectivity index (χ1n) is 11.0. The summed E-state index contributed by atoms with van der Waals surface area (Å²) in [6, 6.07) is 5.95. The van der Waals surface area contributed by atoms with Crippen LogP contribution in [0.5, 0.6) is 5.75 Å². The summed E-state index contributed by atoms with van der Waals surface area (Å²) >= 11 is 12.1. The first-order chi connectivity index (χ1) is 13.9. The highest BCUT2D eigenvalue weighted by atomic mass is 35.5. The van der Waals surface area contributed by atoms with Crippen molar-refractivity contribution in [2.75, 3.05) is 6.61 Å². The highest BCUT2D eigenvalue weighted by molar-refractivity contribution is 6.35. The van der Waals surface area contributed by atoms with Crippen molar-refractivity contribution in [1.29, 1.82) is 0 Å². The molecule has 2 atom stereocenters. The Bertz CT molecular complexity index is 780. The minimum atomic E-state index is -0.447. The molecule has 0 saturated heterocycles. The Morgan fingerprint density at radius 3 is 2.52 bits per heavy atom. The Morgan fingerprint density at radius 1 is 1.17 bits per heavy atom. The number of amides is 1. The zero-order chi connectivity index (χ0) is 20.2. The minimum Gasteiger partial charge on any atom is -0.492 e. The summed E-state index contributed by atoms with van der Waals surface area (Å²) in [5, 5.41) is 12.0. The van der Waals surface area contributed by atoms with E-state index in [4.69, 9.17) is 27.9 Å². The number of halogens is 2. The van der Waals surface area contributed by atoms with Gasteiger partial charge < -0.3 is 14.7 Å². The molecular formula is C23H29Cl2NO3. The molecule has 0 heterocycles. The van der Waals surface area contributed by atoms with Crippen LogP contribution in [0.2, 0.25) is 10.0 Å². The van der Waals surface area contributed by atoms with Gasteiger partial charge in [0, 0.05) is 23.5 Å². The van der Waals surface area contributed by atoms with Crippen molar-refractivity contribution in [3.63, 3.8) is 0 Å². The molecule has 0 aromatic heterocycles. The summed E-state index contributed by atoms with van der Waals surface area (Å²) in [4.78, 5) is 15.5. The fourth-order valence-corrected chi connectivity index (χ4v) is 6.96. The van der Waals surface area contributed by atoms with Gasteiger partial charge in [-0.05, 0) is 87.3 Å². The molecule has 2 unspecified atom stereocenters. The number of carbonyl (C=O) groups excluding carboxylic acids is 1. The maximum absolute atomic E-state index is 13.2. The number of nitrogens with zero attached hydrogens (tertiary/aromatic N) is 1. The summed E-state index contributed by atoms with van der Waals surface area (Å²) < 4.78 is 5.76. The molecule has 1 amide bonds. The van der Waals surface area contributed by atoms with Gasteiger partial charge in [-0.25, -0.2) is 0 Å². The standard InChI is InChI=1S/C23H29Cl2NO3/c24-17-3-6-20(19(25)10-17)29-7-1-2-21(27)26(18-4-5-18)22-15-8-14-9-16(22)13-23(28,11-14)12-15/h3,6,10,14-16,18,22,28H,1-2,4-5,7-9,11-13H2. The van der Waals surface area contributed by atoms with E-state index in [-0.39, 0.29) is 5.91 Å². The molecule has 0 radical (unpaired) electrons. The van der Waals surface area contributed by atoms with Crippen molar-refractivity contribution in [2.45, 2.75) is 75.5 Å². The summed E-state index contributed by atoms with van der Waals surface area (Å²) in [6.07, 6.45) is 8.59. The fourth-order valence-electron chi connectivity index (χ4n) is 6.50. The minimum absolute atomic E-state index is 0.266. The molecule has 158 valence electrons. The lowest BCUT2D eigenvalue weighted by Crippen LogP contribution is -2.63. The van der Waals surface area contributed by atoms with E-state index in [0.29, 0.717) is 65.1 Å². The van der Waals surface area contributed by atoms with Gasteiger partial charge in [-0.1, -0.05) is 23.2 Å². The topological polar surface area (TPSA) is 49.8 Å². The Morgan fingerprint density at radius 2 is 1.90 bits per heavy atom. The molecule has 5 saturated carbocycles. The molecule has 4 bridgehead atoms. The Kier molecular flexibility index (Phi) is 5.24. The number of hydrogen-bond donors (Lipinski definition) is 1. The van der Waals surface area contributed by atoms with Crippen LogP contribution in [0.15, 0.2) is 18.2 Å². The van der Waals surface area contributed by atoms with Crippen LogP contribution in [0, 0.1) is 17.8 Å². The third-order valence-electron chi connectivity index (χ3n) is 7.43. The first-order valence-corrected chi connectivity index (χ1v) is 11.8. The quantitative estimate of drug-likeness (QED) is 0.604. The number of ether oxygens (including phenoxy) is 1. The summed E-state index contributed by atoms with van der Waals surface area (Å²) in [5.41, 5.74) is -0.447. The maximum Gasteiger partial charge on any atom is 0.223 e. The van der Waals surface area contributed by atoms with E-state index in [1.807, 2.05) is 0 Å². The van der Waals surface area contributed by atoms with Crippen LogP contribution < -0.4 is 4.74 Å². The molecule has 1 N–H and O–H groups in total. The van der Waals surface area contributed by atoms with Gasteiger partial charge in [0.1, 0.15) is 5.75 Å². The van der Waals surface area contributed by atoms with E-state index in [2.05, 4.69) is 4.90 Å². The van der Waals surface area contributed by atoms with Crippen molar-refractivity contribution in [3.05, 3.63) is 28.2 Å². The molecule has 29 heavy (non-hydrogen) atoms. The van der Waals surface area contributed by atoms with Crippen molar-refractivity contribution in [3.8, 4) is 5.75 Å². The molecule has 1 aromatic carbocycles. The average Bonchev–Trinajstić information content (AvgIpc) is 3.46. The van der Waals surface area contributed by atoms with E-state index in [1.54, 1.807) is 18.2 Å². The fraction of sp³-hybridized carbons (Fsp3) is 0.696. The normalized spacial score (nSPS) is 35.0. The monoisotopic (exact) mass is 437 g/mol. The lowest BCUT2D eigenvalue weighted by atomic mass is 9.52. The first kappa shape index (κ1) is 20.0. The second kappa shape index (κ2) is 7.62. The van der Waals surface area contributed by atoms with Gasteiger partial charge in [-0.15, -0.1) is 0 Å². The van der Waals surface area contributed by atoms with E-state index in [9.17, 15) is 9.90 Å². The van der Waals surface area contributed by atoms with E-state index in [0.717, 1.165) is 32.1 Å². The number of aliphatic hydroxyl groups is 1. The molecule has 0 spiro atoms. The Labute approximate surface area is 182 Å². The van der Waals surface area contributed by atoms with Crippen LogP contribution in [0.25, 0.3) is 0 Å². The molecule has 6 heteroatoms. The molecule has 5 aliphatic rings. The summed E-state index contributed by atoms with van der Waals surface area (Å²) in [6.45, 7) is 0.463. The van der Waals surface area contributed by atoms with Crippen molar-refractivity contribution in [1.82, 2.24) is 4.90 Å². The predicted molar refractivity (Wildman–Crippen MR) is 113 cm³/mol. The van der Waals surface area contributed by atoms with Crippen LogP contribution in [-0.2, 0) is 4.79 Å². The molecule has 5 aliphatic carbocycles. The van der Waals surface area contributed by atoms with Crippen molar-refractivity contribution >= 4 is 29.1 Å². The SMILES string of the molecule is O=C(CCCOc1ccc(Cl)cc1Cl)N(C1CC1)C1C2CC3CC1CC(O)(C3)C2.